The van der Waals surface area contributed by atoms with Gasteiger partial charge >= 0.3 is 0 Å². The molecule has 3 saturated carbocycles. The molecule has 0 atom stereocenters. The van der Waals surface area contributed by atoms with E-state index in [1.807, 2.05) is 0 Å². The summed E-state index contributed by atoms with van der Waals surface area (Å²) in [5.41, 5.74) is 0.707. The summed E-state index contributed by atoms with van der Waals surface area (Å²) in [5.74, 6) is 5.26. The highest BCUT2D eigenvalue weighted by molar-refractivity contribution is 4.91. The van der Waals surface area contributed by atoms with Gasteiger partial charge < -0.3 is 0 Å². The molecular formula is C21H38. The molecule has 3 fully saturated rings. The highest BCUT2D eigenvalue weighted by Crippen LogP contribution is 2.52. The first kappa shape index (κ1) is 15.9. The van der Waals surface area contributed by atoms with Crippen molar-refractivity contribution < 1.29 is 0 Å². The third kappa shape index (κ3) is 3.67. The summed E-state index contributed by atoms with van der Waals surface area (Å²) < 4.78 is 0. The van der Waals surface area contributed by atoms with Crippen LogP contribution in [0.3, 0.4) is 0 Å². The van der Waals surface area contributed by atoms with E-state index in [2.05, 4.69) is 20.8 Å². The lowest BCUT2D eigenvalue weighted by atomic mass is 9.58. The minimum absolute atomic E-state index is 0.707. The van der Waals surface area contributed by atoms with Crippen LogP contribution in [-0.2, 0) is 0 Å². The lowest BCUT2D eigenvalue weighted by Gasteiger charge is -2.47. The van der Waals surface area contributed by atoms with E-state index in [4.69, 9.17) is 0 Å². The molecule has 0 bridgehead atoms. The average molecular weight is 291 g/mol. The van der Waals surface area contributed by atoms with Gasteiger partial charge in [-0.25, -0.2) is 0 Å². The third-order valence-corrected chi connectivity index (χ3v) is 7.90. The first-order valence-electron chi connectivity index (χ1n) is 10.1. The zero-order chi connectivity index (χ0) is 14.9. The quantitative estimate of drug-likeness (QED) is 0.522. The molecule has 21 heavy (non-hydrogen) atoms. The lowest BCUT2D eigenvalue weighted by molar-refractivity contribution is 0.0368. The summed E-state index contributed by atoms with van der Waals surface area (Å²) in [6.45, 7) is 7.56. The summed E-state index contributed by atoms with van der Waals surface area (Å²) in [6.07, 6.45) is 18.4. The van der Waals surface area contributed by atoms with E-state index in [9.17, 15) is 0 Å². The molecule has 0 nitrogen and oxygen atoms in total. The van der Waals surface area contributed by atoms with Crippen LogP contribution in [0.5, 0.6) is 0 Å². The maximum absolute atomic E-state index is 2.65. The van der Waals surface area contributed by atoms with Gasteiger partial charge in [-0.05, 0) is 86.4 Å². The molecular weight excluding hydrogens is 252 g/mol. The lowest BCUT2D eigenvalue weighted by Crippen LogP contribution is -2.36. The Labute approximate surface area is 133 Å². The minimum atomic E-state index is 0.707. The summed E-state index contributed by atoms with van der Waals surface area (Å²) >= 11 is 0. The number of rotatable bonds is 2. The van der Waals surface area contributed by atoms with E-state index in [0.717, 1.165) is 29.6 Å². The molecule has 3 aliphatic carbocycles. The SMILES string of the molecule is CC1CCC(C2CCC(C)(C3CCC(C)CC3)CC2)CC1. The predicted molar refractivity (Wildman–Crippen MR) is 92.3 cm³/mol. The first-order valence-corrected chi connectivity index (χ1v) is 10.1. The summed E-state index contributed by atoms with van der Waals surface area (Å²) in [4.78, 5) is 0. The van der Waals surface area contributed by atoms with Gasteiger partial charge in [-0.15, -0.1) is 0 Å². The van der Waals surface area contributed by atoms with E-state index in [-0.39, 0.29) is 0 Å². The van der Waals surface area contributed by atoms with Crippen molar-refractivity contribution in [1.82, 2.24) is 0 Å². The van der Waals surface area contributed by atoms with Crippen molar-refractivity contribution in [1.29, 1.82) is 0 Å². The van der Waals surface area contributed by atoms with Gasteiger partial charge in [0.25, 0.3) is 0 Å². The van der Waals surface area contributed by atoms with Gasteiger partial charge in [-0.3, -0.25) is 0 Å². The predicted octanol–water partition coefficient (Wildman–Crippen LogP) is 6.84. The molecule has 0 amide bonds. The Morgan fingerprint density at radius 1 is 0.571 bits per heavy atom. The maximum atomic E-state index is 2.65. The fourth-order valence-electron chi connectivity index (χ4n) is 5.89. The molecule has 0 unspecified atom stereocenters. The van der Waals surface area contributed by atoms with E-state index < -0.39 is 0 Å². The van der Waals surface area contributed by atoms with Crippen LogP contribution in [0.25, 0.3) is 0 Å². The Kier molecular flexibility index (Phi) is 5.01. The molecule has 0 aromatic heterocycles. The van der Waals surface area contributed by atoms with E-state index in [1.165, 1.54) is 38.5 Å². The zero-order valence-electron chi connectivity index (χ0n) is 14.9. The third-order valence-electron chi connectivity index (χ3n) is 7.90. The summed E-state index contributed by atoms with van der Waals surface area (Å²) in [6, 6.07) is 0. The van der Waals surface area contributed by atoms with Gasteiger partial charge in [0.1, 0.15) is 0 Å². The van der Waals surface area contributed by atoms with Crippen molar-refractivity contribution in [2.45, 2.75) is 97.8 Å². The normalized spacial score (nSPS) is 49.0. The molecule has 0 N–H and O–H groups in total. The molecule has 122 valence electrons. The maximum Gasteiger partial charge on any atom is -0.0297 e. The van der Waals surface area contributed by atoms with Crippen molar-refractivity contribution >= 4 is 0 Å². The highest BCUT2D eigenvalue weighted by atomic mass is 14.5. The van der Waals surface area contributed by atoms with Crippen LogP contribution < -0.4 is 0 Å². The fraction of sp³-hybridized carbons (Fsp3) is 1.00. The molecule has 0 saturated heterocycles. The topological polar surface area (TPSA) is 0 Å². The Morgan fingerprint density at radius 3 is 1.52 bits per heavy atom. The molecule has 3 aliphatic rings. The van der Waals surface area contributed by atoms with Crippen LogP contribution in [0, 0.1) is 35.0 Å². The monoisotopic (exact) mass is 290 g/mol. The minimum Gasteiger partial charge on any atom is -0.0625 e. The second kappa shape index (κ2) is 6.63. The van der Waals surface area contributed by atoms with E-state index in [0.29, 0.717) is 5.41 Å². The Morgan fingerprint density at radius 2 is 1.00 bits per heavy atom. The van der Waals surface area contributed by atoms with Crippen LogP contribution in [0.1, 0.15) is 97.8 Å². The van der Waals surface area contributed by atoms with Gasteiger partial charge in [-0.2, -0.15) is 0 Å². The Balaban J connectivity index is 1.50. The van der Waals surface area contributed by atoms with Crippen molar-refractivity contribution in [3.63, 3.8) is 0 Å². The van der Waals surface area contributed by atoms with Crippen LogP contribution >= 0.6 is 0 Å². The average Bonchev–Trinajstić information content (AvgIpc) is 2.50. The van der Waals surface area contributed by atoms with Crippen molar-refractivity contribution in [3.05, 3.63) is 0 Å². The van der Waals surface area contributed by atoms with Crippen molar-refractivity contribution in [2.75, 3.05) is 0 Å². The molecule has 0 aromatic carbocycles. The molecule has 0 aromatic rings. The summed E-state index contributed by atoms with van der Waals surface area (Å²) in [5, 5.41) is 0. The van der Waals surface area contributed by atoms with E-state index >= 15 is 0 Å². The number of hydrogen-bond donors (Lipinski definition) is 0. The Bertz CT molecular complexity index is 307. The first-order chi connectivity index (χ1) is 10.1. The van der Waals surface area contributed by atoms with Gasteiger partial charge in [0.05, 0.1) is 0 Å². The second-order valence-electron chi connectivity index (χ2n) is 9.47. The van der Waals surface area contributed by atoms with Crippen LogP contribution in [0.4, 0.5) is 0 Å². The van der Waals surface area contributed by atoms with E-state index in [1.54, 1.807) is 38.5 Å². The molecule has 0 radical (unpaired) electrons. The molecule has 0 heterocycles. The molecule has 0 spiro atoms. The second-order valence-corrected chi connectivity index (χ2v) is 9.47. The van der Waals surface area contributed by atoms with Crippen LogP contribution in [-0.4, -0.2) is 0 Å². The summed E-state index contributed by atoms with van der Waals surface area (Å²) in [7, 11) is 0. The van der Waals surface area contributed by atoms with Crippen molar-refractivity contribution in [2.24, 2.45) is 35.0 Å². The fourth-order valence-corrected chi connectivity index (χ4v) is 5.89. The van der Waals surface area contributed by atoms with Gasteiger partial charge in [0.15, 0.2) is 0 Å². The van der Waals surface area contributed by atoms with Crippen molar-refractivity contribution in [3.8, 4) is 0 Å². The molecule has 0 aliphatic heterocycles. The standard InChI is InChI=1S/C21H38/c1-16-4-8-18(9-5-16)19-12-14-21(3,15-13-19)20-10-6-17(2)7-11-20/h16-20H,4-15H2,1-3H3. The Hall–Kier alpha value is 0. The molecule has 0 heteroatoms. The van der Waals surface area contributed by atoms with Gasteiger partial charge in [0, 0.05) is 0 Å². The smallest absolute Gasteiger partial charge is 0.0297 e. The van der Waals surface area contributed by atoms with Crippen LogP contribution in [0.2, 0.25) is 0 Å². The van der Waals surface area contributed by atoms with Gasteiger partial charge in [0.2, 0.25) is 0 Å². The zero-order valence-corrected chi connectivity index (χ0v) is 14.9. The highest BCUT2D eigenvalue weighted by Gasteiger charge is 2.40. The largest absolute Gasteiger partial charge is 0.0625 e. The van der Waals surface area contributed by atoms with Crippen LogP contribution in [0.15, 0.2) is 0 Å². The molecule has 3 rings (SSSR count). The number of hydrogen-bond acceptors (Lipinski definition) is 0. The van der Waals surface area contributed by atoms with Gasteiger partial charge in [-0.1, -0.05) is 46.5 Å².